The Morgan fingerprint density at radius 3 is 2.60 bits per heavy atom. The predicted octanol–water partition coefficient (Wildman–Crippen LogP) is 1.15. The van der Waals surface area contributed by atoms with Crippen molar-refractivity contribution in [3.8, 4) is 0 Å². The third kappa shape index (κ3) is 4.78. The molecule has 0 aliphatic heterocycles. The SMILES string of the molecule is CC(NC(=O)NCC(C)N(C)C)c1nc(C(=O)O)cs1. The number of aromatic carboxylic acids is 1. The summed E-state index contributed by atoms with van der Waals surface area (Å²) in [6.45, 7) is 4.30. The first kappa shape index (κ1) is 16.4. The monoisotopic (exact) mass is 300 g/mol. The van der Waals surface area contributed by atoms with E-state index in [2.05, 4.69) is 15.6 Å². The smallest absolute Gasteiger partial charge is 0.355 e. The van der Waals surface area contributed by atoms with E-state index in [-0.39, 0.29) is 23.8 Å². The van der Waals surface area contributed by atoms with Gasteiger partial charge in [0.2, 0.25) is 0 Å². The number of rotatable bonds is 6. The third-order valence-corrected chi connectivity index (χ3v) is 3.93. The lowest BCUT2D eigenvalue weighted by Gasteiger charge is -2.20. The first-order valence-corrected chi connectivity index (χ1v) is 7.08. The fraction of sp³-hybridized carbons (Fsp3) is 0.583. The van der Waals surface area contributed by atoms with Crippen LogP contribution in [0.25, 0.3) is 0 Å². The second-order valence-corrected chi connectivity index (χ2v) is 5.65. The van der Waals surface area contributed by atoms with Gasteiger partial charge in [0.25, 0.3) is 0 Å². The van der Waals surface area contributed by atoms with Gasteiger partial charge in [-0.15, -0.1) is 11.3 Å². The number of hydrogen-bond acceptors (Lipinski definition) is 5. The molecule has 0 saturated heterocycles. The molecule has 0 aliphatic rings. The van der Waals surface area contributed by atoms with E-state index in [0.29, 0.717) is 11.6 Å². The van der Waals surface area contributed by atoms with Gasteiger partial charge in [-0.05, 0) is 27.9 Å². The molecule has 1 rings (SSSR count). The Morgan fingerprint density at radius 1 is 1.45 bits per heavy atom. The molecule has 2 unspecified atom stereocenters. The molecule has 1 aromatic rings. The number of likely N-dealkylation sites (N-methyl/N-ethyl adjacent to an activating group) is 1. The van der Waals surface area contributed by atoms with Crippen molar-refractivity contribution in [2.45, 2.75) is 25.9 Å². The lowest BCUT2D eigenvalue weighted by Crippen LogP contribution is -2.43. The van der Waals surface area contributed by atoms with Gasteiger partial charge in [0, 0.05) is 18.0 Å². The van der Waals surface area contributed by atoms with Crippen molar-refractivity contribution in [1.82, 2.24) is 20.5 Å². The van der Waals surface area contributed by atoms with Crippen LogP contribution in [0.5, 0.6) is 0 Å². The Balaban J connectivity index is 2.46. The van der Waals surface area contributed by atoms with E-state index >= 15 is 0 Å². The number of carbonyl (C=O) groups is 2. The molecule has 8 heteroatoms. The summed E-state index contributed by atoms with van der Waals surface area (Å²) in [5, 5.41) is 16.3. The van der Waals surface area contributed by atoms with Crippen LogP contribution in [-0.4, -0.2) is 53.7 Å². The molecule has 0 fully saturated rings. The molecule has 2 amide bonds. The summed E-state index contributed by atoms with van der Waals surface area (Å²) in [4.78, 5) is 28.4. The summed E-state index contributed by atoms with van der Waals surface area (Å²) in [5.41, 5.74) is 0.000267. The molecular formula is C12H20N4O3S. The van der Waals surface area contributed by atoms with Crippen LogP contribution in [0.15, 0.2) is 5.38 Å². The predicted molar refractivity (Wildman–Crippen MR) is 77.2 cm³/mol. The van der Waals surface area contributed by atoms with Crippen LogP contribution in [0.4, 0.5) is 4.79 Å². The van der Waals surface area contributed by atoms with Crippen LogP contribution in [0, 0.1) is 0 Å². The molecule has 0 radical (unpaired) electrons. The average Bonchev–Trinajstić information content (AvgIpc) is 2.85. The topological polar surface area (TPSA) is 94.6 Å². The standard InChI is InChI=1S/C12H20N4O3S/c1-7(16(3)4)5-13-12(19)14-8(2)10-15-9(6-20-10)11(17)18/h6-8H,5H2,1-4H3,(H,17,18)(H2,13,14,19). The lowest BCUT2D eigenvalue weighted by molar-refractivity contribution is 0.0691. The summed E-state index contributed by atoms with van der Waals surface area (Å²) in [5.74, 6) is -1.07. The number of amides is 2. The van der Waals surface area contributed by atoms with Crippen molar-refractivity contribution >= 4 is 23.3 Å². The summed E-state index contributed by atoms with van der Waals surface area (Å²) in [6.07, 6.45) is 0. The number of thiazole rings is 1. The summed E-state index contributed by atoms with van der Waals surface area (Å²) >= 11 is 1.21. The van der Waals surface area contributed by atoms with Crippen molar-refractivity contribution < 1.29 is 14.7 Å². The molecule has 1 aromatic heterocycles. The minimum absolute atomic E-state index is 0.000267. The van der Waals surface area contributed by atoms with Crippen molar-refractivity contribution in [3.63, 3.8) is 0 Å². The van der Waals surface area contributed by atoms with Gasteiger partial charge in [-0.3, -0.25) is 0 Å². The second-order valence-electron chi connectivity index (χ2n) is 4.76. The molecule has 0 aliphatic carbocycles. The number of nitrogens with one attached hydrogen (secondary N) is 2. The van der Waals surface area contributed by atoms with Crippen LogP contribution >= 0.6 is 11.3 Å². The van der Waals surface area contributed by atoms with Gasteiger partial charge in [0.05, 0.1) is 6.04 Å². The van der Waals surface area contributed by atoms with Crippen LogP contribution in [0.3, 0.4) is 0 Å². The number of hydrogen-bond donors (Lipinski definition) is 3. The molecule has 1 heterocycles. The van der Waals surface area contributed by atoms with Gasteiger partial charge < -0.3 is 20.6 Å². The zero-order valence-electron chi connectivity index (χ0n) is 12.0. The number of urea groups is 1. The number of carbonyl (C=O) groups excluding carboxylic acids is 1. The minimum atomic E-state index is -1.07. The Hall–Kier alpha value is -1.67. The first-order valence-electron chi connectivity index (χ1n) is 6.20. The number of carboxylic acids is 1. The number of aromatic nitrogens is 1. The van der Waals surface area contributed by atoms with Crippen LogP contribution < -0.4 is 10.6 Å². The quantitative estimate of drug-likeness (QED) is 0.732. The average molecular weight is 300 g/mol. The Bertz CT molecular complexity index is 475. The molecule has 0 aromatic carbocycles. The summed E-state index contributed by atoms with van der Waals surface area (Å²) < 4.78 is 0. The Labute approximate surface area is 122 Å². The number of nitrogens with zero attached hydrogens (tertiary/aromatic N) is 2. The van der Waals surface area contributed by atoms with Gasteiger partial charge in [-0.1, -0.05) is 0 Å². The van der Waals surface area contributed by atoms with E-state index in [1.165, 1.54) is 16.7 Å². The zero-order chi connectivity index (χ0) is 15.3. The highest BCUT2D eigenvalue weighted by Crippen LogP contribution is 2.17. The van der Waals surface area contributed by atoms with E-state index in [4.69, 9.17) is 5.11 Å². The van der Waals surface area contributed by atoms with Gasteiger partial charge in [0.1, 0.15) is 5.01 Å². The van der Waals surface area contributed by atoms with E-state index < -0.39 is 5.97 Å². The van der Waals surface area contributed by atoms with Gasteiger partial charge in [-0.25, -0.2) is 14.6 Å². The van der Waals surface area contributed by atoms with E-state index in [1.807, 2.05) is 25.9 Å². The molecule has 0 saturated carbocycles. The van der Waals surface area contributed by atoms with Crippen molar-refractivity contribution in [1.29, 1.82) is 0 Å². The molecule has 2 atom stereocenters. The van der Waals surface area contributed by atoms with Gasteiger partial charge in [-0.2, -0.15) is 0 Å². The minimum Gasteiger partial charge on any atom is -0.476 e. The van der Waals surface area contributed by atoms with Gasteiger partial charge in [0.15, 0.2) is 5.69 Å². The second kappa shape index (κ2) is 7.20. The third-order valence-electron chi connectivity index (χ3n) is 2.90. The molecular weight excluding hydrogens is 280 g/mol. The van der Waals surface area contributed by atoms with Crippen LogP contribution in [-0.2, 0) is 0 Å². The molecule has 112 valence electrons. The highest BCUT2D eigenvalue weighted by atomic mass is 32.1. The molecule has 20 heavy (non-hydrogen) atoms. The summed E-state index contributed by atoms with van der Waals surface area (Å²) in [6, 6.07) is -0.393. The van der Waals surface area contributed by atoms with Crippen molar-refractivity contribution in [2.24, 2.45) is 0 Å². The maximum Gasteiger partial charge on any atom is 0.355 e. The lowest BCUT2D eigenvalue weighted by atomic mass is 10.3. The van der Waals surface area contributed by atoms with E-state index in [0.717, 1.165) is 0 Å². The maximum absolute atomic E-state index is 11.7. The van der Waals surface area contributed by atoms with E-state index in [1.54, 1.807) is 6.92 Å². The highest BCUT2D eigenvalue weighted by Gasteiger charge is 2.16. The first-order chi connectivity index (χ1) is 9.31. The molecule has 7 nitrogen and oxygen atoms in total. The molecule has 0 spiro atoms. The van der Waals surface area contributed by atoms with Crippen LogP contribution in [0.2, 0.25) is 0 Å². The Kier molecular flexibility index (Phi) is 5.90. The van der Waals surface area contributed by atoms with Gasteiger partial charge >= 0.3 is 12.0 Å². The fourth-order valence-electron chi connectivity index (χ4n) is 1.32. The van der Waals surface area contributed by atoms with E-state index in [9.17, 15) is 9.59 Å². The molecule has 3 N–H and O–H groups in total. The highest BCUT2D eigenvalue weighted by molar-refractivity contribution is 7.09. The summed E-state index contributed by atoms with van der Waals surface area (Å²) in [7, 11) is 3.88. The number of carboxylic acid groups (broad SMARTS) is 1. The Morgan fingerprint density at radius 2 is 2.10 bits per heavy atom. The maximum atomic E-state index is 11.7. The van der Waals surface area contributed by atoms with Crippen molar-refractivity contribution in [2.75, 3.05) is 20.6 Å². The molecule has 0 bridgehead atoms. The zero-order valence-corrected chi connectivity index (χ0v) is 12.8. The van der Waals surface area contributed by atoms with Crippen LogP contribution in [0.1, 0.15) is 35.4 Å². The normalized spacial score (nSPS) is 13.8. The largest absolute Gasteiger partial charge is 0.476 e. The fourth-order valence-corrected chi connectivity index (χ4v) is 2.12. The van der Waals surface area contributed by atoms with Crippen molar-refractivity contribution in [3.05, 3.63) is 16.1 Å².